The van der Waals surface area contributed by atoms with E-state index < -0.39 is 29.6 Å². The van der Waals surface area contributed by atoms with E-state index >= 15 is 0 Å². The zero-order valence-corrected chi connectivity index (χ0v) is 18.8. The van der Waals surface area contributed by atoms with Crippen LogP contribution in [0.1, 0.15) is 43.0 Å². The molecule has 9 nitrogen and oxygen atoms in total. The smallest absolute Gasteiger partial charge is 0.368 e. The highest BCUT2D eigenvalue weighted by molar-refractivity contribution is 5.98. The minimum absolute atomic E-state index is 0.0572. The molecule has 35 heavy (non-hydrogen) atoms. The predicted octanol–water partition coefficient (Wildman–Crippen LogP) is 2.57. The summed E-state index contributed by atoms with van der Waals surface area (Å²) in [6.45, 7) is -0.102. The van der Waals surface area contributed by atoms with E-state index in [0.717, 1.165) is 29.9 Å². The number of imide groups is 1. The second kappa shape index (κ2) is 9.98. The van der Waals surface area contributed by atoms with Gasteiger partial charge in [0, 0.05) is 31.3 Å². The third-order valence-corrected chi connectivity index (χ3v) is 6.08. The lowest BCUT2D eigenvalue weighted by atomic mass is 9.93. The Labute approximate surface area is 199 Å². The van der Waals surface area contributed by atoms with Gasteiger partial charge in [0.1, 0.15) is 13.2 Å². The van der Waals surface area contributed by atoms with Crippen molar-refractivity contribution in [3.63, 3.8) is 0 Å². The number of alkyl halides is 3. The van der Waals surface area contributed by atoms with Crippen molar-refractivity contribution in [1.29, 1.82) is 0 Å². The van der Waals surface area contributed by atoms with Crippen LogP contribution in [0, 0.1) is 0 Å². The van der Waals surface area contributed by atoms with Crippen LogP contribution in [0.2, 0.25) is 0 Å². The minimum Gasteiger partial charge on any atom is -0.368 e. The van der Waals surface area contributed by atoms with Crippen LogP contribution in [0.25, 0.3) is 11.1 Å². The van der Waals surface area contributed by atoms with Gasteiger partial charge in [0.05, 0.1) is 17.3 Å². The van der Waals surface area contributed by atoms with E-state index in [0.29, 0.717) is 24.2 Å². The van der Waals surface area contributed by atoms with E-state index in [1.54, 1.807) is 4.90 Å². The Morgan fingerprint density at radius 3 is 2.63 bits per heavy atom. The van der Waals surface area contributed by atoms with Crippen molar-refractivity contribution in [2.45, 2.75) is 37.9 Å². The number of piperidine rings is 1. The van der Waals surface area contributed by atoms with E-state index in [-0.39, 0.29) is 43.6 Å². The number of nitrogens with zero attached hydrogens (tertiary/aromatic N) is 4. The first-order valence-electron chi connectivity index (χ1n) is 11.2. The van der Waals surface area contributed by atoms with Gasteiger partial charge in [-0.15, -0.1) is 0 Å². The summed E-state index contributed by atoms with van der Waals surface area (Å²) >= 11 is 0. The van der Waals surface area contributed by atoms with Gasteiger partial charge in [-0.3, -0.25) is 19.3 Å². The van der Waals surface area contributed by atoms with Crippen molar-refractivity contribution < 1.29 is 32.3 Å². The van der Waals surface area contributed by atoms with Crippen molar-refractivity contribution in [3.05, 3.63) is 41.7 Å². The number of hydrogen-bond acceptors (Lipinski definition) is 7. The van der Waals surface area contributed by atoms with Gasteiger partial charge in [-0.25, -0.2) is 9.97 Å². The Morgan fingerprint density at radius 1 is 1.17 bits per heavy atom. The molecule has 2 aliphatic heterocycles. The standard InChI is InChI=1S/C23H24F3N5O4/c24-23(25,26)15-5-3-4-14(10-15)16-11-28-22(27)29-21(16)17-6-1-2-8-30(17)18(32)7-9-31-19(33)12-35-13-20(31)34/h3-5,10-11,17H,1-2,6-9,12-13H2,(H2,27,28,29)/t17-/m0/s1. The Balaban J connectivity index is 1.62. The zero-order chi connectivity index (χ0) is 25.2. The molecular formula is C23H24F3N5O4. The number of nitrogens with two attached hydrogens (primary N) is 1. The quantitative estimate of drug-likeness (QED) is 0.639. The molecule has 186 valence electrons. The average molecular weight is 491 g/mol. The molecule has 0 unspecified atom stereocenters. The first kappa shape index (κ1) is 24.6. The molecule has 2 fully saturated rings. The van der Waals surface area contributed by atoms with Crippen molar-refractivity contribution >= 4 is 23.7 Å². The van der Waals surface area contributed by atoms with Crippen molar-refractivity contribution in [3.8, 4) is 11.1 Å². The van der Waals surface area contributed by atoms with Gasteiger partial charge in [0.2, 0.25) is 11.9 Å². The molecule has 2 N–H and O–H groups in total. The van der Waals surface area contributed by atoms with E-state index in [9.17, 15) is 27.6 Å². The number of anilines is 1. The van der Waals surface area contributed by atoms with E-state index in [2.05, 4.69) is 9.97 Å². The lowest BCUT2D eigenvalue weighted by Gasteiger charge is -2.37. The highest BCUT2D eigenvalue weighted by Crippen LogP contribution is 2.38. The molecule has 0 bridgehead atoms. The lowest BCUT2D eigenvalue weighted by molar-refractivity contribution is -0.158. The molecule has 12 heteroatoms. The van der Waals surface area contributed by atoms with Crippen molar-refractivity contribution in [1.82, 2.24) is 19.8 Å². The summed E-state index contributed by atoms with van der Waals surface area (Å²) in [5.74, 6) is -1.36. The van der Waals surface area contributed by atoms with Gasteiger partial charge >= 0.3 is 6.18 Å². The number of ether oxygens (including phenoxy) is 1. The molecule has 4 rings (SSSR count). The number of hydrogen-bond donors (Lipinski definition) is 1. The molecule has 2 aliphatic rings. The summed E-state index contributed by atoms with van der Waals surface area (Å²) in [5.41, 5.74) is 5.99. The summed E-state index contributed by atoms with van der Waals surface area (Å²) in [4.78, 5) is 48.0. The van der Waals surface area contributed by atoms with Gasteiger partial charge in [-0.05, 0) is 37.0 Å². The molecule has 0 saturated carbocycles. The first-order chi connectivity index (χ1) is 16.6. The molecule has 2 saturated heterocycles. The van der Waals surface area contributed by atoms with Gasteiger partial charge in [0.25, 0.3) is 11.8 Å². The van der Waals surface area contributed by atoms with E-state index in [1.165, 1.54) is 18.3 Å². The van der Waals surface area contributed by atoms with Crippen LogP contribution in [0.15, 0.2) is 30.5 Å². The Hall–Kier alpha value is -3.54. The predicted molar refractivity (Wildman–Crippen MR) is 117 cm³/mol. The molecule has 1 aromatic carbocycles. The van der Waals surface area contributed by atoms with Crippen LogP contribution in [0.5, 0.6) is 0 Å². The number of rotatable bonds is 5. The van der Waals surface area contributed by atoms with Crippen LogP contribution in [-0.4, -0.2) is 63.8 Å². The Morgan fingerprint density at radius 2 is 1.91 bits per heavy atom. The van der Waals surface area contributed by atoms with Crippen molar-refractivity contribution in [2.75, 3.05) is 32.0 Å². The Kier molecular flexibility index (Phi) is 7.01. The van der Waals surface area contributed by atoms with Crippen LogP contribution < -0.4 is 5.73 Å². The molecule has 0 radical (unpaired) electrons. The van der Waals surface area contributed by atoms with Crippen LogP contribution in [0.3, 0.4) is 0 Å². The highest BCUT2D eigenvalue weighted by Gasteiger charge is 2.34. The van der Waals surface area contributed by atoms with Crippen LogP contribution >= 0.6 is 0 Å². The molecule has 0 aliphatic carbocycles. The number of nitrogen functional groups attached to an aromatic ring is 1. The molecule has 1 aromatic heterocycles. The largest absolute Gasteiger partial charge is 0.416 e. The van der Waals surface area contributed by atoms with Crippen molar-refractivity contribution in [2.24, 2.45) is 0 Å². The molecule has 0 spiro atoms. The second-order valence-electron chi connectivity index (χ2n) is 8.39. The minimum atomic E-state index is -4.52. The normalized spacial score (nSPS) is 19.2. The number of halogens is 3. The maximum Gasteiger partial charge on any atom is 0.416 e. The molecule has 3 amide bonds. The number of carbonyl (C=O) groups is 3. The lowest BCUT2D eigenvalue weighted by Crippen LogP contribution is -2.48. The Bertz CT molecular complexity index is 1120. The SMILES string of the molecule is Nc1ncc(-c2cccc(C(F)(F)F)c2)c([C@@H]2CCCCN2C(=O)CCN2C(=O)COCC2=O)n1. The van der Waals surface area contributed by atoms with Crippen LogP contribution in [0.4, 0.5) is 19.1 Å². The monoisotopic (exact) mass is 491 g/mol. The maximum atomic E-state index is 13.3. The number of amides is 3. The molecule has 1 atom stereocenters. The number of benzene rings is 1. The van der Waals surface area contributed by atoms with Gasteiger partial charge in [-0.1, -0.05) is 12.1 Å². The summed E-state index contributed by atoms with van der Waals surface area (Å²) < 4.78 is 44.8. The summed E-state index contributed by atoms with van der Waals surface area (Å²) in [5, 5.41) is 0. The molecule has 3 heterocycles. The summed E-state index contributed by atoms with van der Waals surface area (Å²) in [6.07, 6.45) is -1.20. The summed E-state index contributed by atoms with van der Waals surface area (Å²) in [7, 11) is 0. The second-order valence-corrected chi connectivity index (χ2v) is 8.39. The van der Waals surface area contributed by atoms with Gasteiger partial charge in [-0.2, -0.15) is 13.2 Å². The highest BCUT2D eigenvalue weighted by atomic mass is 19.4. The number of likely N-dealkylation sites (tertiary alicyclic amines) is 1. The number of morpholine rings is 1. The van der Waals surface area contributed by atoms with E-state index in [4.69, 9.17) is 10.5 Å². The average Bonchev–Trinajstić information content (AvgIpc) is 2.83. The van der Waals surface area contributed by atoms with E-state index in [1.807, 2.05) is 0 Å². The summed E-state index contributed by atoms with van der Waals surface area (Å²) in [6, 6.07) is 4.29. The number of aromatic nitrogens is 2. The first-order valence-corrected chi connectivity index (χ1v) is 11.2. The fourth-order valence-electron chi connectivity index (χ4n) is 4.38. The maximum absolute atomic E-state index is 13.3. The van der Waals surface area contributed by atoms with Gasteiger partial charge in [0.15, 0.2) is 0 Å². The fourth-order valence-corrected chi connectivity index (χ4v) is 4.38. The topological polar surface area (TPSA) is 119 Å². The number of carbonyl (C=O) groups excluding carboxylic acids is 3. The molecular weight excluding hydrogens is 467 g/mol. The fraction of sp³-hybridized carbons (Fsp3) is 0.435. The molecule has 2 aromatic rings. The van der Waals surface area contributed by atoms with Gasteiger partial charge < -0.3 is 15.4 Å². The third-order valence-electron chi connectivity index (χ3n) is 6.08. The zero-order valence-electron chi connectivity index (χ0n) is 18.8. The van der Waals surface area contributed by atoms with Crippen LogP contribution in [-0.2, 0) is 25.3 Å². The third kappa shape index (κ3) is 5.42.